The van der Waals surface area contributed by atoms with Crippen molar-refractivity contribution >= 4 is 28.1 Å². The topological polar surface area (TPSA) is 94.2 Å². The molecule has 0 spiro atoms. The van der Waals surface area contributed by atoms with Crippen molar-refractivity contribution in [1.82, 2.24) is 24.1 Å². The molecule has 8 heteroatoms. The second kappa shape index (κ2) is 6.40. The monoisotopic (exact) mass is 348 g/mol. The molecule has 1 amide bonds. The van der Waals surface area contributed by atoms with Gasteiger partial charge >= 0.3 is 0 Å². The van der Waals surface area contributed by atoms with Crippen LogP contribution in [-0.2, 0) is 17.8 Å². The number of aryl methyl sites for hydroxylation is 1. The van der Waals surface area contributed by atoms with E-state index in [4.69, 9.17) is 0 Å². The molecule has 4 rings (SSSR count). The highest BCUT2D eigenvalue weighted by Gasteiger charge is 2.15. The number of hydrogen-bond donors (Lipinski definition) is 1. The fraction of sp³-hybridized carbons (Fsp3) is 0.167. The first kappa shape index (κ1) is 15.9. The van der Waals surface area contributed by atoms with E-state index in [0.717, 1.165) is 16.7 Å². The van der Waals surface area contributed by atoms with Crippen LogP contribution in [0, 0.1) is 0 Å². The number of nitrogens with one attached hydrogen (secondary N) is 1. The smallest absolute Gasteiger partial charge is 0.291 e. The highest BCUT2D eigenvalue weighted by molar-refractivity contribution is 5.90. The number of carbonyl (C=O) groups is 1. The molecule has 0 aliphatic heterocycles. The summed E-state index contributed by atoms with van der Waals surface area (Å²) in [7, 11) is 0. The zero-order valence-corrected chi connectivity index (χ0v) is 14.1. The van der Waals surface area contributed by atoms with Crippen molar-refractivity contribution in [3.8, 4) is 0 Å². The van der Waals surface area contributed by atoms with Crippen LogP contribution in [0.4, 0.5) is 5.82 Å². The van der Waals surface area contributed by atoms with E-state index < -0.39 is 0 Å². The Morgan fingerprint density at radius 1 is 1.19 bits per heavy atom. The molecule has 0 unspecified atom stereocenters. The van der Waals surface area contributed by atoms with Gasteiger partial charge in [-0.05, 0) is 18.2 Å². The number of carbonyl (C=O) groups excluding carboxylic acids is 1. The van der Waals surface area contributed by atoms with Gasteiger partial charge in [0.1, 0.15) is 30.0 Å². The summed E-state index contributed by atoms with van der Waals surface area (Å²) in [5.74, 6) is 0.722. The number of fused-ring (bicyclic) bond motifs is 3. The van der Waals surface area contributed by atoms with Crippen LogP contribution in [0.1, 0.15) is 12.7 Å². The molecule has 3 heterocycles. The SMILES string of the molecule is CCc1nn(CC(=O)Nc2ccncn2)c(=O)c2cc3ccccc3n12. The predicted octanol–water partition coefficient (Wildman–Crippen LogP) is 1.64. The Morgan fingerprint density at radius 2 is 2.04 bits per heavy atom. The molecule has 0 aliphatic carbocycles. The van der Waals surface area contributed by atoms with Crippen molar-refractivity contribution in [2.75, 3.05) is 5.32 Å². The van der Waals surface area contributed by atoms with Crippen molar-refractivity contribution in [3.63, 3.8) is 0 Å². The maximum Gasteiger partial charge on any atom is 0.291 e. The van der Waals surface area contributed by atoms with Crippen LogP contribution in [0.15, 0.2) is 53.7 Å². The third-order valence-corrected chi connectivity index (χ3v) is 4.12. The number of para-hydroxylation sites is 1. The van der Waals surface area contributed by atoms with E-state index >= 15 is 0 Å². The second-order valence-electron chi connectivity index (χ2n) is 5.80. The third-order valence-electron chi connectivity index (χ3n) is 4.12. The Bertz CT molecular complexity index is 1160. The molecular formula is C18H16N6O2. The van der Waals surface area contributed by atoms with Crippen molar-refractivity contribution < 1.29 is 4.79 Å². The minimum Gasteiger partial charge on any atom is -0.309 e. The zero-order valence-electron chi connectivity index (χ0n) is 14.1. The zero-order chi connectivity index (χ0) is 18.1. The fourth-order valence-corrected chi connectivity index (χ4v) is 2.97. The first-order valence-electron chi connectivity index (χ1n) is 8.23. The first-order valence-corrected chi connectivity index (χ1v) is 8.23. The molecule has 0 atom stereocenters. The maximum absolute atomic E-state index is 12.8. The fourth-order valence-electron chi connectivity index (χ4n) is 2.97. The minimum absolute atomic E-state index is 0.187. The number of rotatable bonds is 4. The average Bonchev–Trinajstić information content (AvgIpc) is 3.05. The number of nitrogens with zero attached hydrogens (tertiary/aromatic N) is 5. The van der Waals surface area contributed by atoms with E-state index in [-0.39, 0.29) is 18.0 Å². The molecule has 1 aromatic carbocycles. The van der Waals surface area contributed by atoms with Gasteiger partial charge in [-0.3, -0.25) is 14.0 Å². The van der Waals surface area contributed by atoms with Gasteiger partial charge in [-0.25, -0.2) is 14.6 Å². The van der Waals surface area contributed by atoms with Crippen molar-refractivity contribution in [1.29, 1.82) is 0 Å². The lowest BCUT2D eigenvalue weighted by atomic mass is 10.2. The van der Waals surface area contributed by atoms with Gasteiger partial charge in [0.15, 0.2) is 0 Å². The third kappa shape index (κ3) is 2.71. The molecule has 26 heavy (non-hydrogen) atoms. The summed E-state index contributed by atoms with van der Waals surface area (Å²) in [6, 6.07) is 11.2. The molecule has 0 aliphatic rings. The second-order valence-corrected chi connectivity index (χ2v) is 5.80. The van der Waals surface area contributed by atoms with Crippen LogP contribution in [0.3, 0.4) is 0 Å². The lowest BCUT2D eigenvalue weighted by Crippen LogP contribution is -2.32. The summed E-state index contributed by atoms with van der Waals surface area (Å²) in [4.78, 5) is 32.8. The Hall–Kier alpha value is -3.55. The summed E-state index contributed by atoms with van der Waals surface area (Å²) in [6.45, 7) is 1.78. The summed E-state index contributed by atoms with van der Waals surface area (Å²) in [5.41, 5.74) is 1.13. The lowest BCUT2D eigenvalue weighted by Gasteiger charge is -2.10. The van der Waals surface area contributed by atoms with Gasteiger partial charge in [-0.1, -0.05) is 25.1 Å². The Kier molecular flexibility index (Phi) is 3.92. The van der Waals surface area contributed by atoms with Crippen molar-refractivity contribution in [3.05, 3.63) is 65.1 Å². The molecule has 4 aromatic rings. The molecule has 3 aromatic heterocycles. The molecule has 8 nitrogen and oxygen atoms in total. The summed E-state index contributed by atoms with van der Waals surface area (Å²) in [6.07, 6.45) is 3.50. The molecule has 0 saturated heterocycles. The first-order chi connectivity index (χ1) is 12.7. The number of anilines is 1. The summed E-state index contributed by atoms with van der Waals surface area (Å²) < 4.78 is 3.06. The van der Waals surface area contributed by atoms with E-state index in [1.165, 1.54) is 17.2 Å². The van der Waals surface area contributed by atoms with E-state index in [1.807, 2.05) is 41.7 Å². The Labute approximate surface area is 148 Å². The summed E-state index contributed by atoms with van der Waals surface area (Å²) in [5, 5.41) is 7.99. The van der Waals surface area contributed by atoms with Crippen LogP contribution >= 0.6 is 0 Å². The highest BCUT2D eigenvalue weighted by atomic mass is 16.2. The van der Waals surface area contributed by atoms with E-state index in [2.05, 4.69) is 20.4 Å². The van der Waals surface area contributed by atoms with Crippen LogP contribution in [0.2, 0.25) is 0 Å². The Balaban J connectivity index is 1.76. The van der Waals surface area contributed by atoms with Gasteiger partial charge < -0.3 is 5.32 Å². The number of benzene rings is 1. The summed E-state index contributed by atoms with van der Waals surface area (Å²) >= 11 is 0. The molecule has 0 radical (unpaired) electrons. The average molecular weight is 348 g/mol. The minimum atomic E-state index is -0.374. The van der Waals surface area contributed by atoms with Crippen molar-refractivity contribution in [2.45, 2.75) is 19.9 Å². The van der Waals surface area contributed by atoms with Crippen LogP contribution in [0.25, 0.3) is 16.4 Å². The van der Waals surface area contributed by atoms with Gasteiger partial charge in [0.2, 0.25) is 5.91 Å². The molecule has 0 bridgehead atoms. The predicted molar refractivity (Wildman–Crippen MR) is 97.0 cm³/mol. The number of amides is 1. The van der Waals surface area contributed by atoms with Gasteiger partial charge in [-0.15, -0.1) is 0 Å². The van der Waals surface area contributed by atoms with Crippen LogP contribution < -0.4 is 10.9 Å². The van der Waals surface area contributed by atoms with Gasteiger partial charge in [0.25, 0.3) is 5.56 Å². The quantitative estimate of drug-likeness (QED) is 0.605. The lowest BCUT2D eigenvalue weighted by molar-refractivity contribution is -0.117. The molecule has 0 fully saturated rings. The standard InChI is InChI=1S/C18H16N6O2/c1-2-16-22-23(10-17(25)21-15-7-8-19-11-20-15)18(26)14-9-12-5-3-4-6-13(12)24(14)16/h3-9,11H,2,10H2,1H3,(H,19,20,21,25). The van der Waals surface area contributed by atoms with Crippen LogP contribution in [-0.4, -0.2) is 30.1 Å². The molecule has 1 N–H and O–H groups in total. The Morgan fingerprint density at radius 3 is 2.81 bits per heavy atom. The highest BCUT2D eigenvalue weighted by Crippen LogP contribution is 2.19. The van der Waals surface area contributed by atoms with Crippen LogP contribution in [0.5, 0.6) is 0 Å². The van der Waals surface area contributed by atoms with Gasteiger partial charge in [0, 0.05) is 18.0 Å². The van der Waals surface area contributed by atoms with Gasteiger partial charge in [-0.2, -0.15) is 5.10 Å². The number of aromatic nitrogens is 5. The van der Waals surface area contributed by atoms with E-state index in [9.17, 15) is 9.59 Å². The maximum atomic E-state index is 12.8. The van der Waals surface area contributed by atoms with Gasteiger partial charge in [0.05, 0.1) is 5.52 Å². The molecule has 130 valence electrons. The molecular weight excluding hydrogens is 332 g/mol. The number of hydrogen-bond acceptors (Lipinski definition) is 5. The van der Waals surface area contributed by atoms with E-state index in [0.29, 0.717) is 17.8 Å². The normalized spacial score (nSPS) is 11.1. The van der Waals surface area contributed by atoms with E-state index in [1.54, 1.807) is 6.07 Å². The largest absolute Gasteiger partial charge is 0.309 e. The van der Waals surface area contributed by atoms with Crippen molar-refractivity contribution in [2.24, 2.45) is 0 Å². The molecule has 0 saturated carbocycles.